The molecular weight excluding hydrogens is 537 g/mol. The molecule has 2 rings (SSSR count). The van der Waals surface area contributed by atoms with Gasteiger partial charge in [0.15, 0.2) is 5.96 Å². The van der Waals surface area contributed by atoms with Gasteiger partial charge in [-0.2, -0.15) is 4.31 Å². The van der Waals surface area contributed by atoms with Gasteiger partial charge in [0.1, 0.15) is 11.6 Å². The molecule has 10 heteroatoms. The van der Waals surface area contributed by atoms with Gasteiger partial charge >= 0.3 is 0 Å². The second-order valence-electron chi connectivity index (χ2n) is 7.04. The first-order valence-corrected chi connectivity index (χ1v) is 11.1. The number of benzene rings is 2. The third-order valence-corrected chi connectivity index (χ3v) is 6.59. The minimum Gasteiger partial charge on any atom is -0.357 e. The Morgan fingerprint density at radius 3 is 2.32 bits per heavy atom. The monoisotopic (exact) mass is 566 g/mol. The number of nitrogens with one attached hydrogen (secondary N) is 2. The molecule has 0 bridgehead atoms. The Balaban J connectivity index is 0.00000480. The molecule has 0 aliphatic rings. The fourth-order valence-corrected chi connectivity index (χ4v) is 3.95. The average molecular weight is 566 g/mol. The molecule has 0 aromatic heterocycles. The molecule has 0 fully saturated rings. The van der Waals surface area contributed by atoms with E-state index in [1.807, 2.05) is 20.8 Å². The van der Waals surface area contributed by atoms with E-state index in [0.717, 1.165) is 23.8 Å². The number of halogens is 3. The van der Waals surface area contributed by atoms with Gasteiger partial charge in [-0.1, -0.05) is 12.1 Å². The lowest BCUT2D eigenvalue weighted by atomic mass is 10.2. The van der Waals surface area contributed by atoms with Crippen LogP contribution in [0.15, 0.2) is 52.4 Å². The third-order valence-electron chi connectivity index (χ3n) is 4.55. The predicted molar refractivity (Wildman–Crippen MR) is 130 cm³/mol. The smallest absolute Gasteiger partial charge is 0.243 e. The van der Waals surface area contributed by atoms with E-state index in [0.29, 0.717) is 19.0 Å². The second kappa shape index (κ2) is 12.3. The molecule has 2 N–H and O–H groups in total. The van der Waals surface area contributed by atoms with Gasteiger partial charge in [-0.05, 0) is 56.7 Å². The summed E-state index contributed by atoms with van der Waals surface area (Å²) < 4.78 is 53.5. The van der Waals surface area contributed by atoms with Crippen molar-refractivity contribution in [3.63, 3.8) is 0 Å². The lowest BCUT2D eigenvalue weighted by molar-refractivity contribution is 0.410. The lowest BCUT2D eigenvalue weighted by Gasteiger charge is -2.21. The molecule has 0 aliphatic carbocycles. The van der Waals surface area contributed by atoms with Crippen LogP contribution in [0.4, 0.5) is 8.78 Å². The van der Waals surface area contributed by atoms with Crippen molar-refractivity contribution in [1.29, 1.82) is 0 Å². The van der Waals surface area contributed by atoms with Crippen LogP contribution in [0.1, 0.15) is 31.9 Å². The molecule has 0 aliphatic heterocycles. The minimum absolute atomic E-state index is 0. The van der Waals surface area contributed by atoms with Crippen molar-refractivity contribution in [1.82, 2.24) is 14.9 Å². The van der Waals surface area contributed by atoms with Crippen LogP contribution in [0.3, 0.4) is 0 Å². The summed E-state index contributed by atoms with van der Waals surface area (Å²) in [5.74, 6) is -0.561. The highest BCUT2D eigenvalue weighted by Crippen LogP contribution is 2.17. The Morgan fingerprint density at radius 1 is 1.10 bits per heavy atom. The zero-order chi connectivity index (χ0) is 22.3. The van der Waals surface area contributed by atoms with Gasteiger partial charge in [-0.3, -0.25) is 0 Å². The Hall–Kier alpha value is -1.79. The molecule has 0 amide bonds. The van der Waals surface area contributed by atoms with Crippen LogP contribution in [0.5, 0.6) is 0 Å². The van der Waals surface area contributed by atoms with Crippen molar-refractivity contribution < 1.29 is 17.2 Å². The standard InChI is InChI=1S/C21H28F2N4O2S.HI/c1-5-24-21(26-14-17-12-18(22)8-11-20(17)23)25-13-16-6-9-19(10-7-16)30(28,29)27(4)15(2)3;/h6-12,15H,5,13-14H2,1-4H3,(H2,24,25,26);1H. The Morgan fingerprint density at radius 2 is 1.74 bits per heavy atom. The molecule has 0 spiro atoms. The quantitative estimate of drug-likeness (QED) is 0.289. The Labute approximate surface area is 200 Å². The zero-order valence-corrected chi connectivity index (χ0v) is 21.2. The van der Waals surface area contributed by atoms with E-state index in [4.69, 9.17) is 0 Å². The van der Waals surface area contributed by atoms with Crippen LogP contribution in [-0.4, -0.2) is 38.3 Å². The summed E-state index contributed by atoms with van der Waals surface area (Å²) in [6.45, 7) is 6.48. The summed E-state index contributed by atoms with van der Waals surface area (Å²) >= 11 is 0. The molecule has 0 radical (unpaired) electrons. The zero-order valence-electron chi connectivity index (χ0n) is 18.0. The number of sulfonamides is 1. The van der Waals surface area contributed by atoms with E-state index >= 15 is 0 Å². The van der Waals surface area contributed by atoms with Gasteiger partial charge in [0.05, 0.1) is 11.4 Å². The van der Waals surface area contributed by atoms with E-state index in [1.54, 1.807) is 31.3 Å². The van der Waals surface area contributed by atoms with Gasteiger partial charge < -0.3 is 10.6 Å². The van der Waals surface area contributed by atoms with Crippen LogP contribution in [0.2, 0.25) is 0 Å². The van der Waals surface area contributed by atoms with Crippen molar-refractivity contribution in [2.24, 2.45) is 4.99 Å². The van der Waals surface area contributed by atoms with Gasteiger partial charge in [-0.25, -0.2) is 22.2 Å². The Bertz CT molecular complexity index is 983. The van der Waals surface area contributed by atoms with Crippen molar-refractivity contribution in [3.8, 4) is 0 Å². The maximum Gasteiger partial charge on any atom is 0.243 e. The fourth-order valence-electron chi connectivity index (χ4n) is 2.58. The molecule has 0 saturated carbocycles. The number of rotatable bonds is 8. The SMILES string of the molecule is CCNC(=NCc1ccc(S(=O)(=O)N(C)C(C)C)cc1)NCc1cc(F)ccc1F.I. The van der Waals surface area contributed by atoms with Crippen molar-refractivity contribution in [2.45, 2.75) is 44.8 Å². The van der Waals surface area contributed by atoms with Crippen LogP contribution < -0.4 is 10.6 Å². The highest BCUT2D eigenvalue weighted by atomic mass is 127. The number of guanidine groups is 1. The first-order chi connectivity index (χ1) is 14.1. The molecule has 31 heavy (non-hydrogen) atoms. The summed E-state index contributed by atoms with van der Waals surface area (Å²) in [5, 5.41) is 6.01. The second-order valence-corrected chi connectivity index (χ2v) is 9.04. The predicted octanol–water partition coefficient (Wildman–Crippen LogP) is 3.87. The third kappa shape index (κ3) is 7.69. The van der Waals surface area contributed by atoms with Gasteiger partial charge in [0.2, 0.25) is 10.0 Å². The number of hydrogen-bond acceptors (Lipinski definition) is 3. The molecule has 0 saturated heterocycles. The average Bonchev–Trinajstić information content (AvgIpc) is 2.72. The number of nitrogens with zero attached hydrogens (tertiary/aromatic N) is 2. The first-order valence-electron chi connectivity index (χ1n) is 9.68. The lowest BCUT2D eigenvalue weighted by Crippen LogP contribution is -2.37. The molecule has 172 valence electrons. The van der Waals surface area contributed by atoms with Gasteiger partial charge in [-0.15, -0.1) is 24.0 Å². The first kappa shape index (κ1) is 27.2. The molecule has 6 nitrogen and oxygen atoms in total. The maximum atomic E-state index is 13.8. The van der Waals surface area contributed by atoms with Crippen molar-refractivity contribution in [3.05, 3.63) is 65.2 Å². The number of hydrogen-bond donors (Lipinski definition) is 2. The highest BCUT2D eigenvalue weighted by Gasteiger charge is 2.22. The minimum atomic E-state index is -3.54. The summed E-state index contributed by atoms with van der Waals surface area (Å²) in [4.78, 5) is 4.64. The van der Waals surface area contributed by atoms with E-state index in [2.05, 4.69) is 15.6 Å². The van der Waals surface area contributed by atoms with Crippen LogP contribution >= 0.6 is 24.0 Å². The summed E-state index contributed by atoms with van der Waals surface area (Å²) in [6.07, 6.45) is 0. The molecule has 0 atom stereocenters. The summed E-state index contributed by atoms with van der Waals surface area (Å²) in [7, 11) is -1.99. The highest BCUT2D eigenvalue weighted by molar-refractivity contribution is 14.0. The molecule has 0 unspecified atom stereocenters. The molecule has 2 aromatic rings. The van der Waals surface area contributed by atoms with E-state index in [-0.39, 0.29) is 47.0 Å². The fraction of sp³-hybridized carbons (Fsp3) is 0.381. The van der Waals surface area contributed by atoms with Crippen LogP contribution in [-0.2, 0) is 23.1 Å². The topological polar surface area (TPSA) is 73.8 Å². The largest absolute Gasteiger partial charge is 0.357 e. The van der Waals surface area contributed by atoms with Gasteiger partial charge in [0.25, 0.3) is 0 Å². The normalized spacial score (nSPS) is 12.1. The number of aliphatic imine (C=N–C) groups is 1. The van der Waals surface area contributed by atoms with Gasteiger partial charge in [0, 0.05) is 31.7 Å². The van der Waals surface area contributed by atoms with Crippen LogP contribution in [0, 0.1) is 11.6 Å². The van der Waals surface area contributed by atoms with Crippen molar-refractivity contribution in [2.75, 3.05) is 13.6 Å². The molecule has 0 heterocycles. The summed E-state index contributed by atoms with van der Waals surface area (Å²) in [5.41, 5.74) is 1.01. The maximum absolute atomic E-state index is 13.8. The van der Waals surface area contributed by atoms with E-state index in [1.165, 1.54) is 4.31 Å². The summed E-state index contributed by atoms with van der Waals surface area (Å²) in [6, 6.07) is 9.68. The van der Waals surface area contributed by atoms with Crippen LogP contribution in [0.25, 0.3) is 0 Å². The molecular formula is C21H29F2IN4O2S. The Kier molecular flexibility index (Phi) is 10.8. The van der Waals surface area contributed by atoms with Crippen molar-refractivity contribution >= 4 is 40.0 Å². The molecule has 2 aromatic carbocycles. The van der Waals surface area contributed by atoms with E-state index in [9.17, 15) is 17.2 Å². The van der Waals surface area contributed by atoms with E-state index < -0.39 is 21.7 Å².